The number of rotatable bonds is 5. The van der Waals surface area contributed by atoms with E-state index in [0.29, 0.717) is 15.8 Å². The molecule has 0 aliphatic heterocycles. The predicted octanol–water partition coefficient (Wildman–Crippen LogP) is 1.90. The molecule has 8 heteroatoms. The van der Waals surface area contributed by atoms with Crippen LogP contribution in [0.15, 0.2) is 24.5 Å². The minimum Gasteiger partial charge on any atom is -0.489 e. The summed E-state index contributed by atoms with van der Waals surface area (Å²) >= 11 is 11.8. The number of nitrogens with zero attached hydrogens (tertiary/aromatic N) is 4. The second-order valence-corrected chi connectivity index (χ2v) is 4.79. The van der Waals surface area contributed by atoms with Crippen LogP contribution in [-0.4, -0.2) is 32.6 Å². The van der Waals surface area contributed by atoms with Crippen molar-refractivity contribution >= 4 is 23.2 Å². The van der Waals surface area contributed by atoms with Crippen LogP contribution in [0.4, 0.5) is 0 Å². The zero-order chi connectivity index (χ0) is 14.5. The van der Waals surface area contributed by atoms with Crippen LogP contribution in [0.5, 0.6) is 5.75 Å². The topological polar surface area (TPSA) is 84.0 Å². The lowest BCUT2D eigenvalue weighted by atomic mass is 10.3. The highest BCUT2D eigenvalue weighted by atomic mass is 35.5. The number of ether oxygens (including phenoxy) is 1. The molecule has 1 aromatic heterocycles. The van der Waals surface area contributed by atoms with Gasteiger partial charge in [-0.3, -0.25) is 0 Å². The highest BCUT2D eigenvalue weighted by molar-refractivity contribution is 6.34. The molecule has 0 saturated carbocycles. The Morgan fingerprint density at radius 3 is 2.95 bits per heavy atom. The van der Waals surface area contributed by atoms with Crippen molar-refractivity contribution in [3.63, 3.8) is 0 Å². The molecular formula is C12H10Cl2N4O2. The quantitative estimate of drug-likeness (QED) is 0.911. The van der Waals surface area contributed by atoms with Crippen LogP contribution in [0, 0.1) is 11.3 Å². The fourth-order valence-electron chi connectivity index (χ4n) is 1.48. The molecule has 2 rings (SSSR count). The van der Waals surface area contributed by atoms with Gasteiger partial charge in [-0.25, -0.2) is 9.67 Å². The summed E-state index contributed by atoms with van der Waals surface area (Å²) in [6.07, 6.45) is 0.548. The molecule has 1 unspecified atom stereocenters. The fourth-order valence-corrected chi connectivity index (χ4v) is 1.81. The molecule has 0 saturated heterocycles. The molecule has 0 aliphatic rings. The first-order valence-electron chi connectivity index (χ1n) is 5.64. The van der Waals surface area contributed by atoms with E-state index in [2.05, 4.69) is 10.1 Å². The molecule has 20 heavy (non-hydrogen) atoms. The van der Waals surface area contributed by atoms with Crippen LogP contribution in [0.2, 0.25) is 10.0 Å². The van der Waals surface area contributed by atoms with Gasteiger partial charge in [-0.2, -0.15) is 5.26 Å². The summed E-state index contributed by atoms with van der Waals surface area (Å²) in [5, 5.41) is 23.2. The largest absolute Gasteiger partial charge is 0.489 e. The van der Waals surface area contributed by atoms with Gasteiger partial charge in [-0.1, -0.05) is 23.2 Å². The summed E-state index contributed by atoms with van der Waals surface area (Å²) in [5.74, 6) is 0.450. The summed E-state index contributed by atoms with van der Waals surface area (Å²) < 4.78 is 6.76. The molecule has 6 nitrogen and oxygen atoms in total. The standard InChI is InChI=1S/C12H10Cl2N4O2/c13-8-1-2-10(14)11(3-8)20-6-9(19)5-18-7-16-12(4-15)17-18/h1-3,7,9,19H,5-6H2. The Labute approximate surface area is 125 Å². The van der Waals surface area contributed by atoms with E-state index in [4.69, 9.17) is 33.2 Å². The van der Waals surface area contributed by atoms with Crippen LogP contribution in [0.1, 0.15) is 5.82 Å². The summed E-state index contributed by atoms with van der Waals surface area (Å²) in [7, 11) is 0. The second kappa shape index (κ2) is 6.57. The van der Waals surface area contributed by atoms with Gasteiger partial charge in [0, 0.05) is 11.1 Å². The van der Waals surface area contributed by atoms with Gasteiger partial charge in [-0.15, -0.1) is 5.10 Å². The van der Waals surface area contributed by atoms with Crippen LogP contribution >= 0.6 is 23.2 Å². The summed E-state index contributed by atoms with van der Waals surface area (Å²) in [4.78, 5) is 3.73. The molecule has 0 spiro atoms. The molecule has 1 N–H and O–H groups in total. The van der Waals surface area contributed by atoms with Gasteiger partial charge in [0.05, 0.1) is 11.6 Å². The van der Waals surface area contributed by atoms with Crippen molar-refractivity contribution < 1.29 is 9.84 Å². The van der Waals surface area contributed by atoms with E-state index in [-0.39, 0.29) is 19.0 Å². The van der Waals surface area contributed by atoms with Gasteiger partial charge in [0.2, 0.25) is 0 Å². The molecule has 0 bridgehead atoms. The molecule has 104 valence electrons. The van der Waals surface area contributed by atoms with Crippen molar-refractivity contribution in [2.45, 2.75) is 12.6 Å². The number of hydrogen-bond acceptors (Lipinski definition) is 5. The van der Waals surface area contributed by atoms with Crippen LogP contribution in [0.3, 0.4) is 0 Å². The van der Waals surface area contributed by atoms with Crippen molar-refractivity contribution in [1.29, 1.82) is 5.26 Å². The Bertz CT molecular complexity index is 639. The van der Waals surface area contributed by atoms with Crippen molar-refractivity contribution in [2.75, 3.05) is 6.61 Å². The molecule has 1 atom stereocenters. The Kier molecular flexibility index (Phi) is 4.79. The molecule has 0 amide bonds. The highest BCUT2D eigenvalue weighted by Crippen LogP contribution is 2.27. The summed E-state index contributed by atoms with van der Waals surface area (Å²) in [5.41, 5.74) is 0. The van der Waals surface area contributed by atoms with E-state index < -0.39 is 6.10 Å². The lowest BCUT2D eigenvalue weighted by Crippen LogP contribution is -2.24. The first-order valence-corrected chi connectivity index (χ1v) is 6.39. The monoisotopic (exact) mass is 312 g/mol. The minimum atomic E-state index is -0.821. The van der Waals surface area contributed by atoms with Gasteiger partial charge in [-0.05, 0) is 12.1 Å². The van der Waals surface area contributed by atoms with E-state index in [9.17, 15) is 5.11 Å². The number of aliphatic hydroxyl groups excluding tert-OH is 1. The van der Waals surface area contributed by atoms with Gasteiger partial charge in [0.25, 0.3) is 5.82 Å². The van der Waals surface area contributed by atoms with Gasteiger partial charge >= 0.3 is 0 Å². The number of aliphatic hydroxyl groups is 1. The zero-order valence-electron chi connectivity index (χ0n) is 10.2. The number of hydrogen-bond donors (Lipinski definition) is 1. The number of aromatic nitrogens is 3. The first-order chi connectivity index (χ1) is 9.58. The second-order valence-electron chi connectivity index (χ2n) is 3.94. The van der Waals surface area contributed by atoms with Crippen molar-refractivity contribution in [3.05, 3.63) is 40.4 Å². The van der Waals surface area contributed by atoms with Gasteiger partial charge in [0.1, 0.15) is 30.9 Å². The Morgan fingerprint density at radius 1 is 1.45 bits per heavy atom. The number of nitriles is 1. The molecule has 1 aromatic carbocycles. The predicted molar refractivity (Wildman–Crippen MR) is 72.7 cm³/mol. The van der Waals surface area contributed by atoms with E-state index in [0.717, 1.165) is 0 Å². The van der Waals surface area contributed by atoms with Crippen molar-refractivity contribution in [1.82, 2.24) is 14.8 Å². The Morgan fingerprint density at radius 2 is 2.25 bits per heavy atom. The van der Waals surface area contributed by atoms with Crippen LogP contribution in [0.25, 0.3) is 0 Å². The smallest absolute Gasteiger partial charge is 0.252 e. The molecular weight excluding hydrogens is 303 g/mol. The van der Waals surface area contributed by atoms with Crippen molar-refractivity contribution in [3.8, 4) is 11.8 Å². The van der Waals surface area contributed by atoms with Crippen LogP contribution < -0.4 is 4.74 Å². The van der Waals surface area contributed by atoms with E-state index >= 15 is 0 Å². The molecule has 1 heterocycles. The van der Waals surface area contributed by atoms with E-state index in [1.165, 1.54) is 11.0 Å². The maximum atomic E-state index is 9.83. The maximum absolute atomic E-state index is 9.83. The fraction of sp³-hybridized carbons (Fsp3) is 0.250. The Hall–Kier alpha value is -1.81. The third-order valence-electron chi connectivity index (χ3n) is 2.36. The zero-order valence-corrected chi connectivity index (χ0v) is 11.7. The third kappa shape index (κ3) is 3.84. The SMILES string of the molecule is N#Cc1ncn(CC(O)COc2cc(Cl)ccc2Cl)n1. The van der Waals surface area contributed by atoms with E-state index in [1.807, 2.05) is 0 Å². The maximum Gasteiger partial charge on any atom is 0.252 e. The van der Waals surface area contributed by atoms with Gasteiger partial charge < -0.3 is 9.84 Å². The van der Waals surface area contributed by atoms with Crippen LogP contribution in [-0.2, 0) is 6.54 Å². The first kappa shape index (κ1) is 14.6. The lowest BCUT2D eigenvalue weighted by Gasteiger charge is -2.13. The molecule has 0 fully saturated rings. The molecule has 0 aliphatic carbocycles. The van der Waals surface area contributed by atoms with Crippen molar-refractivity contribution in [2.24, 2.45) is 0 Å². The highest BCUT2D eigenvalue weighted by Gasteiger charge is 2.10. The number of benzene rings is 1. The molecule has 2 aromatic rings. The lowest BCUT2D eigenvalue weighted by molar-refractivity contribution is 0.0893. The summed E-state index contributed by atoms with van der Waals surface area (Å²) in [6, 6.07) is 6.63. The Balaban J connectivity index is 1.90. The van der Waals surface area contributed by atoms with Gasteiger partial charge in [0.15, 0.2) is 0 Å². The molecule has 0 radical (unpaired) electrons. The normalized spacial score (nSPS) is 11.9. The number of halogens is 2. The summed E-state index contributed by atoms with van der Waals surface area (Å²) in [6.45, 7) is 0.175. The van der Waals surface area contributed by atoms with E-state index in [1.54, 1.807) is 24.3 Å². The average molecular weight is 313 g/mol. The minimum absolute atomic E-state index is 0.0157. The average Bonchev–Trinajstić information content (AvgIpc) is 2.87. The third-order valence-corrected chi connectivity index (χ3v) is 2.91.